The van der Waals surface area contributed by atoms with Crippen LogP contribution in [-0.2, 0) is 19.5 Å². The molecule has 5 heteroatoms. The maximum Gasteiger partial charge on any atom is 0.257 e. The summed E-state index contributed by atoms with van der Waals surface area (Å²) in [5, 5.41) is 0.724. The van der Waals surface area contributed by atoms with E-state index in [1.165, 1.54) is 25.1 Å². The van der Waals surface area contributed by atoms with Crippen LogP contribution in [0.2, 0.25) is 5.02 Å². The molecule has 2 heterocycles. The first kappa shape index (κ1) is 19.8. The van der Waals surface area contributed by atoms with Crippen molar-refractivity contribution in [2.45, 2.75) is 38.8 Å². The second kappa shape index (κ2) is 8.85. The van der Waals surface area contributed by atoms with E-state index in [0.717, 1.165) is 34.8 Å². The van der Waals surface area contributed by atoms with Gasteiger partial charge in [-0.15, -0.1) is 0 Å². The van der Waals surface area contributed by atoms with Crippen LogP contribution in [0.1, 0.15) is 35.4 Å². The van der Waals surface area contributed by atoms with Gasteiger partial charge < -0.3 is 17.0 Å². The lowest BCUT2D eigenvalue weighted by molar-refractivity contribution is -0.702. The molecule has 0 spiro atoms. The van der Waals surface area contributed by atoms with E-state index in [1.807, 2.05) is 54.6 Å². The molecule has 3 aromatic rings. The number of nitrogens with zero attached hydrogens (tertiary/aromatic N) is 2. The van der Waals surface area contributed by atoms with Gasteiger partial charge in [-0.3, -0.25) is 4.79 Å². The van der Waals surface area contributed by atoms with Crippen LogP contribution in [0, 0.1) is 0 Å². The number of imidazole rings is 1. The lowest BCUT2D eigenvalue weighted by Gasteiger charge is -2.06. The topological polar surface area (TPSA) is 25.9 Å². The minimum atomic E-state index is 0. The average Bonchev–Trinajstić information content (AvgIpc) is 2.85. The Morgan fingerprint density at radius 1 is 1.00 bits per heavy atom. The smallest absolute Gasteiger partial charge is 0.257 e. The molecule has 0 saturated heterocycles. The van der Waals surface area contributed by atoms with Crippen molar-refractivity contribution in [2.24, 2.45) is 0 Å². The van der Waals surface area contributed by atoms with Crippen LogP contribution in [0.25, 0.3) is 11.3 Å². The van der Waals surface area contributed by atoms with Gasteiger partial charge in [-0.25, -0.2) is 9.13 Å². The van der Waals surface area contributed by atoms with Crippen molar-refractivity contribution in [3.8, 4) is 11.3 Å². The Morgan fingerprint density at radius 3 is 2.48 bits per heavy atom. The first-order valence-corrected chi connectivity index (χ1v) is 9.56. The first-order valence-electron chi connectivity index (χ1n) is 9.18. The monoisotopic (exact) mass is 444 g/mol. The number of hydrogen-bond acceptors (Lipinski definition) is 1. The van der Waals surface area contributed by atoms with Crippen molar-refractivity contribution in [3.05, 3.63) is 77.2 Å². The number of benzene rings is 2. The minimum absolute atomic E-state index is 0. The lowest BCUT2D eigenvalue weighted by Crippen LogP contribution is -3.00. The Balaban J connectivity index is 0.00000210. The lowest BCUT2D eigenvalue weighted by atomic mass is 10.1. The van der Waals surface area contributed by atoms with Crippen molar-refractivity contribution in [1.29, 1.82) is 0 Å². The molecule has 0 atom stereocenters. The number of aromatic nitrogens is 2. The van der Waals surface area contributed by atoms with Gasteiger partial charge in [0, 0.05) is 22.6 Å². The van der Waals surface area contributed by atoms with Crippen LogP contribution < -0.4 is 21.5 Å². The molecule has 0 amide bonds. The normalized spacial score (nSPS) is 13.4. The van der Waals surface area contributed by atoms with E-state index in [0.29, 0.717) is 6.54 Å². The first-order chi connectivity index (χ1) is 12.7. The number of ketones is 1. The highest BCUT2D eigenvalue weighted by Crippen LogP contribution is 2.24. The number of hydrogen-bond donors (Lipinski definition) is 0. The van der Waals surface area contributed by atoms with E-state index in [1.54, 1.807) is 0 Å². The van der Waals surface area contributed by atoms with Crippen molar-refractivity contribution in [3.63, 3.8) is 0 Å². The molecule has 1 aromatic heterocycles. The van der Waals surface area contributed by atoms with Crippen LogP contribution in [-0.4, -0.2) is 10.4 Å². The van der Waals surface area contributed by atoms with Gasteiger partial charge >= 0.3 is 0 Å². The summed E-state index contributed by atoms with van der Waals surface area (Å²) in [5.41, 5.74) is 2.94. The predicted octanol–water partition coefficient (Wildman–Crippen LogP) is 1.71. The SMILES string of the molecule is O=C(Cn1c(-c2ccc(Cl)cc2)c[n+]2c1CCCCC2)c1ccccc1.[Br-]. The van der Waals surface area contributed by atoms with Crippen molar-refractivity contribution in [2.75, 3.05) is 0 Å². The molecular weight excluding hydrogens is 424 g/mol. The summed E-state index contributed by atoms with van der Waals surface area (Å²) in [6, 6.07) is 17.4. The quantitative estimate of drug-likeness (QED) is 0.443. The summed E-state index contributed by atoms with van der Waals surface area (Å²) in [6.07, 6.45) is 6.81. The molecule has 0 aliphatic carbocycles. The summed E-state index contributed by atoms with van der Waals surface area (Å²) in [6.45, 7) is 1.38. The molecule has 0 saturated carbocycles. The van der Waals surface area contributed by atoms with Gasteiger partial charge in [0.1, 0.15) is 6.20 Å². The molecule has 0 fully saturated rings. The van der Waals surface area contributed by atoms with Gasteiger partial charge in [-0.1, -0.05) is 41.9 Å². The number of Topliss-reactive ketones (excluding diaryl/α,β-unsaturated/α-hetero) is 1. The molecule has 0 radical (unpaired) electrons. The second-order valence-corrected chi connectivity index (χ2v) is 7.25. The molecule has 0 bridgehead atoms. The van der Waals surface area contributed by atoms with Crippen molar-refractivity contribution >= 4 is 17.4 Å². The highest BCUT2D eigenvalue weighted by atomic mass is 79.9. The largest absolute Gasteiger partial charge is 1.00 e. The van der Waals surface area contributed by atoms with Crippen LogP contribution in [0.15, 0.2) is 60.8 Å². The maximum atomic E-state index is 12.9. The Kier molecular flexibility index (Phi) is 6.51. The van der Waals surface area contributed by atoms with Crippen LogP contribution >= 0.6 is 11.6 Å². The molecule has 1 aliphatic rings. The minimum Gasteiger partial charge on any atom is -1.00 e. The third kappa shape index (κ3) is 4.33. The van der Waals surface area contributed by atoms with E-state index in [2.05, 4.69) is 15.3 Å². The number of halogens is 2. The molecule has 4 rings (SSSR count). The van der Waals surface area contributed by atoms with Crippen LogP contribution in [0.5, 0.6) is 0 Å². The fraction of sp³-hybridized carbons (Fsp3) is 0.273. The molecule has 140 valence electrons. The van der Waals surface area contributed by atoms with Gasteiger partial charge in [-0.2, -0.15) is 0 Å². The zero-order chi connectivity index (χ0) is 17.9. The third-order valence-corrected chi connectivity index (χ3v) is 5.30. The fourth-order valence-electron chi connectivity index (χ4n) is 3.69. The summed E-state index contributed by atoms with van der Waals surface area (Å²) in [7, 11) is 0. The Bertz CT molecular complexity index is 919. The van der Waals surface area contributed by atoms with E-state index < -0.39 is 0 Å². The molecule has 0 N–H and O–H groups in total. The highest BCUT2D eigenvalue weighted by molar-refractivity contribution is 6.30. The van der Waals surface area contributed by atoms with Gasteiger partial charge in [0.05, 0.1) is 6.54 Å². The Labute approximate surface area is 175 Å². The highest BCUT2D eigenvalue weighted by Gasteiger charge is 2.27. The number of carbonyl (C=O) groups is 1. The average molecular weight is 446 g/mol. The summed E-state index contributed by atoms with van der Waals surface area (Å²) >= 11 is 6.06. The molecule has 27 heavy (non-hydrogen) atoms. The number of carbonyl (C=O) groups excluding carboxylic acids is 1. The molecule has 0 unspecified atom stereocenters. The number of fused-ring (bicyclic) bond motifs is 1. The Morgan fingerprint density at radius 2 is 1.74 bits per heavy atom. The van der Waals surface area contributed by atoms with Crippen molar-refractivity contribution in [1.82, 2.24) is 4.57 Å². The second-order valence-electron chi connectivity index (χ2n) is 6.82. The Hall–Kier alpha value is -1.91. The molecule has 2 aromatic carbocycles. The van der Waals surface area contributed by atoms with Gasteiger partial charge in [0.15, 0.2) is 12.2 Å². The van der Waals surface area contributed by atoms with Gasteiger partial charge in [0.25, 0.3) is 5.82 Å². The maximum absolute atomic E-state index is 12.9. The van der Waals surface area contributed by atoms with Gasteiger partial charge in [0.2, 0.25) is 5.78 Å². The van der Waals surface area contributed by atoms with Crippen LogP contribution in [0.3, 0.4) is 0 Å². The predicted molar refractivity (Wildman–Crippen MR) is 103 cm³/mol. The van der Waals surface area contributed by atoms with E-state index >= 15 is 0 Å². The fourth-order valence-corrected chi connectivity index (χ4v) is 3.81. The summed E-state index contributed by atoms with van der Waals surface area (Å²) < 4.78 is 4.53. The standard InChI is InChI=1S/C22H22ClN2O.BrH/c23-19-12-10-17(11-13-19)20-15-24-14-6-2-5-9-22(24)25(20)16-21(26)18-7-3-1-4-8-18;/h1,3-4,7-8,10-13,15H,2,5-6,9,14,16H2;1H/q+1;/p-1. The summed E-state index contributed by atoms with van der Waals surface area (Å²) in [4.78, 5) is 12.9. The number of aryl methyl sites for hydroxylation is 1. The molecular formula is C22H22BrClN2O. The number of rotatable bonds is 4. The molecule has 1 aliphatic heterocycles. The van der Waals surface area contributed by atoms with E-state index in [-0.39, 0.29) is 22.8 Å². The van der Waals surface area contributed by atoms with E-state index in [9.17, 15) is 4.79 Å². The summed E-state index contributed by atoms with van der Waals surface area (Å²) in [5.74, 6) is 1.39. The zero-order valence-electron chi connectivity index (χ0n) is 15.1. The van der Waals surface area contributed by atoms with Crippen LogP contribution in [0.4, 0.5) is 0 Å². The van der Waals surface area contributed by atoms with E-state index in [4.69, 9.17) is 11.6 Å². The third-order valence-electron chi connectivity index (χ3n) is 5.05. The zero-order valence-corrected chi connectivity index (χ0v) is 17.4. The van der Waals surface area contributed by atoms with Crippen molar-refractivity contribution < 1.29 is 26.3 Å². The molecule has 3 nitrogen and oxygen atoms in total. The van der Waals surface area contributed by atoms with Gasteiger partial charge in [-0.05, 0) is 43.5 Å².